The Balaban J connectivity index is 2.36. The Bertz CT molecular complexity index is 729. The first-order chi connectivity index (χ1) is 9.29. The lowest BCUT2D eigenvalue weighted by molar-refractivity contribution is 0.416. The summed E-state index contributed by atoms with van der Waals surface area (Å²) >= 11 is 0. The van der Waals surface area contributed by atoms with E-state index in [-0.39, 0.29) is 0 Å². The minimum absolute atomic E-state index is 0.915. The Kier molecular flexibility index (Phi) is 2.96. The van der Waals surface area contributed by atoms with E-state index in [0.29, 0.717) is 0 Å². The average Bonchev–Trinajstić information content (AvgIpc) is 2.46. The van der Waals surface area contributed by atoms with Gasteiger partial charge in [0.1, 0.15) is 5.75 Å². The zero-order valence-corrected chi connectivity index (χ0v) is 11.2. The molecule has 0 N–H and O–H groups in total. The van der Waals surface area contributed by atoms with Crippen LogP contribution in [-0.4, -0.2) is 7.11 Å². The van der Waals surface area contributed by atoms with Gasteiger partial charge in [-0.25, -0.2) is 0 Å². The largest absolute Gasteiger partial charge is 0.496 e. The average molecular weight is 248 g/mol. The predicted octanol–water partition coefficient (Wildman–Crippen LogP) is 4.82. The van der Waals surface area contributed by atoms with Gasteiger partial charge in [-0.15, -0.1) is 0 Å². The van der Waals surface area contributed by atoms with Crippen molar-refractivity contribution in [2.75, 3.05) is 7.11 Å². The number of benzene rings is 3. The fourth-order valence-corrected chi connectivity index (χ4v) is 2.55. The third kappa shape index (κ3) is 2.08. The van der Waals surface area contributed by atoms with E-state index in [0.717, 1.165) is 11.3 Å². The van der Waals surface area contributed by atoms with E-state index in [1.165, 1.54) is 21.9 Å². The van der Waals surface area contributed by atoms with Gasteiger partial charge in [0.2, 0.25) is 0 Å². The molecule has 0 heterocycles. The third-order valence-corrected chi connectivity index (χ3v) is 3.40. The summed E-state index contributed by atoms with van der Waals surface area (Å²) in [6.07, 6.45) is 0. The summed E-state index contributed by atoms with van der Waals surface area (Å²) in [7, 11) is 1.72. The van der Waals surface area contributed by atoms with Crippen LogP contribution in [0, 0.1) is 6.92 Å². The first-order valence-corrected chi connectivity index (χ1v) is 6.42. The van der Waals surface area contributed by atoms with E-state index in [4.69, 9.17) is 4.74 Å². The Morgan fingerprint density at radius 1 is 0.789 bits per heavy atom. The monoisotopic (exact) mass is 248 g/mol. The highest BCUT2D eigenvalue weighted by molar-refractivity contribution is 5.98. The molecule has 0 spiro atoms. The van der Waals surface area contributed by atoms with Gasteiger partial charge >= 0.3 is 0 Å². The molecule has 94 valence electrons. The van der Waals surface area contributed by atoms with Crippen molar-refractivity contribution in [3.63, 3.8) is 0 Å². The summed E-state index contributed by atoms with van der Waals surface area (Å²) in [6.45, 7) is 2.13. The number of aryl methyl sites for hydroxylation is 1. The molecule has 0 amide bonds. The molecular weight excluding hydrogens is 232 g/mol. The number of fused-ring (bicyclic) bond motifs is 1. The standard InChI is InChI=1S/C18H16O/c1-13-11-14-7-3-4-8-15(14)17(12-13)16-9-5-6-10-18(16)19-2/h3-12H,1-2H3. The van der Waals surface area contributed by atoms with E-state index in [2.05, 4.69) is 55.5 Å². The van der Waals surface area contributed by atoms with Crippen molar-refractivity contribution in [1.82, 2.24) is 0 Å². The highest BCUT2D eigenvalue weighted by Gasteiger charge is 2.09. The van der Waals surface area contributed by atoms with Crippen molar-refractivity contribution in [1.29, 1.82) is 0 Å². The van der Waals surface area contributed by atoms with Crippen molar-refractivity contribution in [3.05, 3.63) is 66.2 Å². The Hall–Kier alpha value is -2.28. The number of hydrogen-bond donors (Lipinski definition) is 0. The van der Waals surface area contributed by atoms with Gasteiger partial charge in [0, 0.05) is 5.56 Å². The highest BCUT2D eigenvalue weighted by atomic mass is 16.5. The topological polar surface area (TPSA) is 9.23 Å². The first-order valence-electron chi connectivity index (χ1n) is 6.42. The minimum Gasteiger partial charge on any atom is -0.496 e. The molecule has 0 bridgehead atoms. The molecule has 0 aliphatic heterocycles. The lowest BCUT2D eigenvalue weighted by Crippen LogP contribution is -1.89. The lowest BCUT2D eigenvalue weighted by atomic mass is 9.95. The maximum Gasteiger partial charge on any atom is 0.126 e. The summed E-state index contributed by atoms with van der Waals surface area (Å²) < 4.78 is 5.49. The van der Waals surface area contributed by atoms with Gasteiger partial charge in [0.25, 0.3) is 0 Å². The van der Waals surface area contributed by atoms with E-state index in [1.807, 2.05) is 12.1 Å². The zero-order valence-electron chi connectivity index (χ0n) is 11.2. The number of ether oxygens (including phenoxy) is 1. The predicted molar refractivity (Wildman–Crippen MR) is 80.7 cm³/mol. The quantitative estimate of drug-likeness (QED) is 0.631. The number of methoxy groups -OCH3 is 1. The van der Waals surface area contributed by atoms with Gasteiger partial charge in [0.05, 0.1) is 7.11 Å². The summed E-state index contributed by atoms with van der Waals surface area (Å²) in [5.74, 6) is 0.915. The number of para-hydroxylation sites is 1. The molecule has 1 heteroatoms. The van der Waals surface area contributed by atoms with Crippen LogP contribution in [0.4, 0.5) is 0 Å². The zero-order chi connectivity index (χ0) is 13.2. The van der Waals surface area contributed by atoms with Crippen LogP contribution in [-0.2, 0) is 0 Å². The van der Waals surface area contributed by atoms with Crippen molar-refractivity contribution in [2.24, 2.45) is 0 Å². The molecule has 3 aromatic rings. The Morgan fingerprint density at radius 3 is 2.37 bits per heavy atom. The minimum atomic E-state index is 0.915. The smallest absolute Gasteiger partial charge is 0.126 e. The van der Waals surface area contributed by atoms with Crippen LogP contribution in [0.1, 0.15) is 5.56 Å². The molecule has 0 aliphatic rings. The molecule has 0 saturated carbocycles. The SMILES string of the molecule is COc1ccccc1-c1cc(C)cc2ccccc12. The van der Waals surface area contributed by atoms with Crippen LogP contribution in [0.2, 0.25) is 0 Å². The van der Waals surface area contributed by atoms with Crippen LogP contribution < -0.4 is 4.74 Å². The number of rotatable bonds is 2. The molecule has 0 fully saturated rings. The first kappa shape index (κ1) is 11.8. The summed E-state index contributed by atoms with van der Waals surface area (Å²) in [6, 6.07) is 21.1. The van der Waals surface area contributed by atoms with Crippen LogP contribution >= 0.6 is 0 Å². The lowest BCUT2D eigenvalue weighted by Gasteiger charge is -2.12. The Morgan fingerprint density at radius 2 is 1.53 bits per heavy atom. The van der Waals surface area contributed by atoms with Gasteiger partial charge in [-0.3, -0.25) is 0 Å². The summed E-state index contributed by atoms with van der Waals surface area (Å²) in [4.78, 5) is 0. The van der Waals surface area contributed by atoms with Gasteiger partial charge in [-0.05, 0) is 34.9 Å². The molecule has 0 unspecified atom stereocenters. The maximum atomic E-state index is 5.49. The van der Waals surface area contributed by atoms with E-state index >= 15 is 0 Å². The summed E-state index contributed by atoms with van der Waals surface area (Å²) in [5, 5.41) is 2.53. The molecule has 0 atom stereocenters. The molecule has 19 heavy (non-hydrogen) atoms. The Labute approximate surface area is 113 Å². The van der Waals surface area contributed by atoms with Gasteiger partial charge in [-0.1, -0.05) is 54.6 Å². The second-order valence-electron chi connectivity index (χ2n) is 4.73. The van der Waals surface area contributed by atoms with Gasteiger partial charge in [-0.2, -0.15) is 0 Å². The van der Waals surface area contributed by atoms with Crippen molar-refractivity contribution < 1.29 is 4.74 Å². The normalized spacial score (nSPS) is 10.6. The molecule has 0 saturated heterocycles. The van der Waals surface area contributed by atoms with Gasteiger partial charge < -0.3 is 4.74 Å². The molecule has 3 aromatic carbocycles. The van der Waals surface area contributed by atoms with Crippen LogP contribution in [0.3, 0.4) is 0 Å². The molecule has 0 aromatic heterocycles. The van der Waals surface area contributed by atoms with Gasteiger partial charge in [0.15, 0.2) is 0 Å². The second kappa shape index (κ2) is 4.77. The summed E-state index contributed by atoms with van der Waals surface area (Å²) in [5.41, 5.74) is 3.64. The fourth-order valence-electron chi connectivity index (χ4n) is 2.55. The highest BCUT2D eigenvalue weighted by Crippen LogP contribution is 2.35. The molecular formula is C18H16O. The van der Waals surface area contributed by atoms with E-state index < -0.39 is 0 Å². The van der Waals surface area contributed by atoms with E-state index in [1.54, 1.807) is 7.11 Å². The van der Waals surface area contributed by atoms with Crippen molar-refractivity contribution >= 4 is 10.8 Å². The molecule has 0 aliphatic carbocycles. The maximum absolute atomic E-state index is 5.49. The molecule has 3 rings (SSSR count). The van der Waals surface area contributed by atoms with E-state index in [9.17, 15) is 0 Å². The van der Waals surface area contributed by atoms with Crippen molar-refractivity contribution in [3.8, 4) is 16.9 Å². The second-order valence-corrected chi connectivity index (χ2v) is 4.73. The fraction of sp³-hybridized carbons (Fsp3) is 0.111. The molecule has 0 radical (unpaired) electrons. The molecule has 1 nitrogen and oxygen atoms in total. The number of hydrogen-bond acceptors (Lipinski definition) is 1. The van der Waals surface area contributed by atoms with Crippen LogP contribution in [0.15, 0.2) is 60.7 Å². The van der Waals surface area contributed by atoms with Crippen LogP contribution in [0.25, 0.3) is 21.9 Å². The van der Waals surface area contributed by atoms with Crippen LogP contribution in [0.5, 0.6) is 5.75 Å². The third-order valence-electron chi connectivity index (χ3n) is 3.40. The van der Waals surface area contributed by atoms with Crippen molar-refractivity contribution in [2.45, 2.75) is 6.92 Å².